The fraction of sp³-hybridized carbons (Fsp3) is 0.333. The summed E-state index contributed by atoms with van der Waals surface area (Å²) in [5, 5.41) is 17.6. The standard InChI is InChI=1S/C24H25N5O6S3/c1-11-13(5-4-6-14(11)8-36-12(2)30)7-15-9-37-22-18(21(32)29(22)19(15)23(33)34)27-20(31)17(28-35-3)16-10-38-24(25)26-16/h4-6,10,18,22H,7-9H2,1-3H3,(H2,25,26)(H,27,31)(H,33,34)/b28-17+/t18-,22-/m1/s1. The summed E-state index contributed by atoms with van der Waals surface area (Å²) in [6.45, 7) is 3.46. The van der Waals surface area contributed by atoms with Crippen LogP contribution in [0, 0.1) is 6.92 Å². The number of oxime groups is 1. The fourth-order valence-electron chi connectivity index (χ4n) is 4.21. The predicted octanol–water partition coefficient (Wildman–Crippen LogP) is 2.15. The molecule has 200 valence electrons. The molecule has 1 fully saturated rings. The number of carboxylic acid groups (broad SMARTS) is 1. The van der Waals surface area contributed by atoms with Crippen molar-refractivity contribution in [1.29, 1.82) is 0 Å². The minimum Gasteiger partial charge on any atom is -0.477 e. The summed E-state index contributed by atoms with van der Waals surface area (Å²) < 4.78 is 0. The van der Waals surface area contributed by atoms with Crippen molar-refractivity contribution in [3.05, 3.63) is 57.2 Å². The van der Waals surface area contributed by atoms with Crippen molar-refractivity contribution >= 4 is 68.6 Å². The molecule has 0 bridgehead atoms. The second-order valence-electron chi connectivity index (χ2n) is 8.47. The summed E-state index contributed by atoms with van der Waals surface area (Å²) >= 11 is 3.72. The molecular formula is C24H25N5O6S3. The molecule has 2 aliphatic rings. The first-order chi connectivity index (χ1) is 18.1. The highest BCUT2D eigenvalue weighted by Crippen LogP contribution is 2.41. The number of anilines is 1. The zero-order valence-electron chi connectivity index (χ0n) is 20.7. The van der Waals surface area contributed by atoms with Gasteiger partial charge in [-0.15, -0.1) is 23.1 Å². The Hall–Kier alpha value is -3.36. The van der Waals surface area contributed by atoms with E-state index in [0.717, 1.165) is 28.0 Å². The quantitative estimate of drug-likeness (QED) is 0.229. The lowest BCUT2D eigenvalue weighted by Gasteiger charge is -2.49. The third-order valence-corrected chi connectivity index (χ3v) is 8.97. The number of aliphatic carboxylic acids is 1. The van der Waals surface area contributed by atoms with E-state index in [1.54, 1.807) is 5.38 Å². The van der Waals surface area contributed by atoms with Gasteiger partial charge in [0.1, 0.15) is 29.9 Å². The van der Waals surface area contributed by atoms with Gasteiger partial charge in [-0.05, 0) is 35.6 Å². The van der Waals surface area contributed by atoms with Crippen molar-refractivity contribution in [2.24, 2.45) is 5.16 Å². The molecule has 0 unspecified atom stereocenters. The van der Waals surface area contributed by atoms with Gasteiger partial charge in [-0.25, -0.2) is 9.78 Å². The molecule has 2 aliphatic heterocycles. The average molecular weight is 576 g/mol. The van der Waals surface area contributed by atoms with Crippen LogP contribution in [0.15, 0.2) is 40.0 Å². The van der Waals surface area contributed by atoms with E-state index < -0.39 is 29.2 Å². The second kappa shape index (κ2) is 11.6. The molecule has 1 aromatic heterocycles. The van der Waals surface area contributed by atoms with Gasteiger partial charge in [0.25, 0.3) is 11.8 Å². The number of hydrogen-bond acceptors (Lipinski definition) is 11. The van der Waals surface area contributed by atoms with Crippen LogP contribution in [0.4, 0.5) is 5.13 Å². The number of carbonyl (C=O) groups excluding carboxylic acids is 3. The van der Waals surface area contributed by atoms with E-state index in [9.17, 15) is 24.3 Å². The number of benzene rings is 1. The van der Waals surface area contributed by atoms with Crippen molar-refractivity contribution in [1.82, 2.24) is 15.2 Å². The van der Waals surface area contributed by atoms with E-state index in [1.165, 1.54) is 42.5 Å². The second-order valence-corrected chi connectivity index (χ2v) is 11.6. The molecule has 0 spiro atoms. The van der Waals surface area contributed by atoms with Crippen LogP contribution in [-0.2, 0) is 36.2 Å². The van der Waals surface area contributed by atoms with Crippen LogP contribution in [0.5, 0.6) is 0 Å². The number of aromatic nitrogens is 1. The Morgan fingerprint density at radius 3 is 2.71 bits per heavy atom. The Bertz CT molecular complexity index is 1370. The number of carbonyl (C=O) groups is 4. The van der Waals surface area contributed by atoms with Crippen molar-refractivity contribution in [2.75, 3.05) is 18.6 Å². The van der Waals surface area contributed by atoms with Crippen LogP contribution >= 0.6 is 34.9 Å². The number of fused-ring (bicyclic) bond motifs is 1. The molecule has 0 saturated carbocycles. The predicted molar refractivity (Wildman–Crippen MR) is 147 cm³/mol. The van der Waals surface area contributed by atoms with Crippen LogP contribution in [0.3, 0.4) is 0 Å². The van der Waals surface area contributed by atoms with E-state index in [4.69, 9.17) is 10.6 Å². The van der Waals surface area contributed by atoms with Crippen molar-refractivity contribution in [3.8, 4) is 0 Å². The molecule has 38 heavy (non-hydrogen) atoms. The van der Waals surface area contributed by atoms with Gasteiger partial charge >= 0.3 is 5.97 Å². The molecule has 0 aliphatic carbocycles. The molecule has 11 nitrogen and oxygen atoms in total. The third-order valence-electron chi connectivity index (χ3n) is 6.09. The largest absolute Gasteiger partial charge is 0.477 e. The summed E-state index contributed by atoms with van der Waals surface area (Å²) in [6.07, 6.45) is 0.350. The highest BCUT2D eigenvalue weighted by Gasteiger charge is 2.54. The van der Waals surface area contributed by atoms with Crippen LogP contribution in [-0.4, -0.2) is 67.9 Å². The van der Waals surface area contributed by atoms with Gasteiger partial charge in [0.15, 0.2) is 16.0 Å². The maximum absolute atomic E-state index is 13.1. The number of amides is 2. The van der Waals surface area contributed by atoms with Gasteiger partial charge in [0, 0.05) is 23.8 Å². The van der Waals surface area contributed by atoms with Crippen molar-refractivity contribution in [2.45, 2.75) is 37.4 Å². The van der Waals surface area contributed by atoms with Gasteiger partial charge < -0.3 is 21.0 Å². The average Bonchev–Trinajstić information content (AvgIpc) is 3.31. The molecule has 4 rings (SSSR count). The molecule has 1 aromatic carbocycles. The van der Waals surface area contributed by atoms with E-state index in [0.29, 0.717) is 23.5 Å². The summed E-state index contributed by atoms with van der Waals surface area (Å²) in [7, 11) is 1.28. The highest BCUT2D eigenvalue weighted by molar-refractivity contribution is 8.12. The van der Waals surface area contributed by atoms with Crippen LogP contribution < -0.4 is 11.1 Å². The molecule has 2 aromatic rings. The lowest BCUT2D eigenvalue weighted by atomic mass is 9.95. The fourth-order valence-corrected chi connectivity index (χ4v) is 6.78. The van der Waals surface area contributed by atoms with E-state index in [1.807, 2.05) is 25.1 Å². The first-order valence-electron chi connectivity index (χ1n) is 11.4. The van der Waals surface area contributed by atoms with Gasteiger partial charge in [-0.2, -0.15) is 0 Å². The summed E-state index contributed by atoms with van der Waals surface area (Å²) in [5.74, 6) is -1.51. The lowest BCUT2D eigenvalue weighted by Crippen LogP contribution is -2.71. The van der Waals surface area contributed by atoms with E-state index in [-0.39, 0.29) is 27.3 Å². The minimum atomic E-state index is -1.20. The molecule has 3 heterocycles. The number of β-lactam (4-membered cyclic amide) rings is 1. The van der Waals surface area contributed by atoms with Gasteiger partial charge in [-0.1, -0.05) is 35.1 Å². The maximum atomic E-state index is 13.1. The number of thiazole rings is 1. The number of nitrogen functional groups attached to an aromatic ring is 1. The molecular weight excluding hydrogens is 550 g/mol. The van der Waals surface area contributed by atoms with Crippen LogP contribution in [0.1, 0.15) is 29.3 Å². The van der Waals surface area contributed by atoms with Crippen LogP contribution in [0.2, 0.25) is 0 Å². The summed E-state index contributed by atoms with van der Waals surface area (Å²) in [6, 6.07) is 4.81. The van der Waals surface area contributed by atoms with Gasteiger partial charge in [0.05, 0.1) is 0 Å². The summed E-state index contributed by atoms with van der Waals surface area (Å²) in [4.78, 5) is 59.7. The molecule has 2 atom stereocenters. The molecule has 0 radical (unpaired) electrons. The van der Waals surface area contributed by atoms with E-state index in [2.05, 4.69) is 15.5 Å². The van der Waals surface area contributed by atoms with Gasteiger partial charge in [0.2, 0.25) is 0 Å². The lowest BCUT2D eigenvalue weighted by molar-refractivity contribution is -0.150. The first-order valence-corrected chi connectivity index (χ1v) is 14.3. The Morgan fingerprint density at radius 1 is 1.34 bits per heavy atom. The Kier molecular flexibility index (Phi) is 8.43. The minimum absolute atomic E-state index is 0.0228. The molecule has 14 heteroatoms. The van der Waals surface area contributed by atoms with Gasteiger partial charge in [-0.3, -0.25) is 19.3 Å². The Morgan fingerprint density at radius 2 is 2.08 bits per heavy atom. The Balaban J connectivity index is 1.53. The number of nitrogens with one attached hydrogen (secondary N) is 1. The van der Waals surface area contributed by atoms with Crippen molar-refractivity contribution in [3.63, 3.8) is 0 Å². The van der Waals surface area contributed by atoms with E-state index >= 15 is 0 Å². The first kappa shape index (κ1) is 27.7. The number of carboxylic acids is 1. The molecule has 1 saturated heterocycles. The normalized spacial score (nSPS) is 19.1. The number of nitrogens with two attached hydrogens (primary N) is 1. The molecule has 4 N–H and O–H groups in total. The number of hydrogen-bond donors (Lipinski definition) is 3. The Labute approximate surface area is 230 Å². The van der Waals surface area contributed by atoms with Crippen LogP contribution in [0.25, 0.3) is 0 Å². The molecule has 2 amide bonds. The number of thioether (sulfide) groups is 2. The zero-order chi connectivity index (χ0) is 27.6. The number of nitrogens with zero attached hydrogens (tertiary/aromatic N) is 3. The highest BCUT2D eigenvalue weighted by atomic mass is 32.2. The number of rotatable bonds is 9. The zero-order valence-corrected chi connectivity index (χ0v) is 23.2. The SMILES string of the molecule is CO/N=C(/C(=O)N[C@@H]1C(=O)N2C(C(=O)O)=C(Cc3cccc(CSC(C)=O)c3C)CS[C@H]12)c1csc(N)n1. The smallest absolute Gasteiger partial charge is 0.352 e. The monoisotopic (exact) mass is 575 g/mol. The maximum Gasteiger partial charge on any atom is 0.352 e. The topological polar surface area (TPSA) is 164 Å². The third kappa shape index (κ3) is 5.56. The summed E-state index contributed by atoms with van der Waals surface area (Å²) in [5.41, 5.74) is 9.18. The van der Waals surface area contributed by atoms with Crippen molar-refractivity contribution < 1.29 is 29.1 Å².